The van der Waals surface area contributed by atoms with Gasteiger partial charge in [-0.15, -0.1) is 0 Å². The number of pyridine rings is 1. The lowest BCUT2D eigenvalue weighted by atomic mass is 10.1. The molecule has 0 spiro atoms. The Bertz CT molecular complexity index is 450. The molecule has 1 aliphatic heterocycles. The van der Waals surface area contributed by atoms with Gasteiger partial charge in [-0.05, 0) is 34.5 Å². The number of aromatic nitrogens is 1. The predicted octanol–water partition coefficient (Wildman–Crippen LogP) is 3.20. The van der Waals surface area contributed by atoms with Crippen LogP contribution in [0.5, 0.6) is 0 Å². The van der Waals surface area contributed by atoms with Crippen LogP contribution in [0.2, 0.25) is 0 Å². The second-order valence-corrected chi connectivity index (χ2v) is 7.55. The standard InChI is InChI=1S/C13H17BrN2OS/c1-13(2)5-7-16(8-9-18-13)12(17)10-4-3-6-15-11(10)14/h3-4,6H,5,7-9H2,1-2H3. The minimum absolute atomic E-state index is 0.0771. The molecule has 0 atom stereocenters. The highest BCUT2D eigenvalue weighted by atomic mass is 79.9. The van der Waals surface area contributed by atoms with Gasteiger partial charge in [-0.1, -0.05) is 13.8 Å². The molecule has 3 nitrogen and oxygen atoms in total. The zero-order valence-corrected chi connectivity index (χ0v) is 13.1. The molecule has 0 aliphatic carbocycles. The van der Waals surface area contributed by atoms with Crippen molar-refractivity contribution in [1.82, 2.24) is 9.88 Å². The highest BCUT2D eigenvalue weighted by Crippen LogP contribution is 2.31. The molecule has 0 unspecified atom stereocenters. The molecular formula is C13H17BrN2OS. The van der Waals surface area contributed by atoms with E-state index in [1.54, 1.807) is 12.3 Å². The Balaban J connectivity index is 2.13. The summed E-state index contributed by atoms with van der Waals surface area (Å²) >= 11 is 5.28. The minimum atomic E-state index is 0.0771. The summed E-state index contributed by atoms with van der Waals surface area (Å²) in [6.45, 7) is 6.12. The van der Waals surface area contributed by atoms with Crippen molar-refractivity contribution in [3.63, 3.8) is 0 Å². The summed E-state index contributed by atoms with van der Waals surface area (Å²) in [6, 6.07) is 3.62. The Morgan fingerprint density at radius 3 is 3.00 bits per heavy atom. The van der Waals surface area contributed by atoms with E-state index < -0.39 is 0 Å². The monoisotopic (exact) mass is 328 g/mol. The van der Waals surface area contributed by atoms with Crippen LogP contribution in [0.15, 0.2) is 22.9 Å². The largest absolute Gasteiger partial charge is 0.338 e. The lowest BCUT2D eigenvalue weighted by molar-refractivity contribution is 0.0763. The normalized spacial score (nSPS) is 19.4. The summed E-state index contributed by atoms with van der Waals surface area (Å²) in [6.07, 6.45) is 2.71. The molecule has 0 aromatic carbocycles. The van der Waals surface area contributed by atoms with Crippen LogP contribution in [0.3, 0.4) is 0 Å². The molecule has 1 aromatic rings. The Hall–Kier alpha value is -0.550. The van der Waals surface area contributed by atoms with Gasteiger partial charge >= 0.3 is 0 Å². The number of hydrogen-bond acceptors (Lipinski definition) is 3. The molecule has 0 saturated carbocycles. The number of carbonyl (C=O) groups excluding carboxylic acids is 1. The molecule has 0 bridgehead atoms. The number of hydrogen-bond donors (Lipinski definition) is 0. The molecule has 1 aliphatic rings. The molecule has 0 radical (unpaired) electrons. The maximum absolute atomic E-state index is 12.4. The first-order valence-corrected chi connectivity index (χ1v) is 7.81. The quantitative estimate of drug-likeness (QED) is 0.742. The summed E-state index contributed by atoms with van der Waals surface area (Å²) in [5.41, 5.74) is 0.655. The number of carbonyl (C=O) groups is 1. The predicted molar refractivity (Wildman–Crippen MR) is 79.0 cm³/mol. The molecule has 1 saturated heterocycles. The van der Waals surface area contributed by atoms with Gasteiger partial charge in [0, 0.05) is 29.8 Å². The Morgan fingerprint density at radius 2 is 2.28 bits per heavy atom. The first kappa shape index (κ1) is 13.9. The van der Waals surface area contributed by atoms with E-state index in [2.05, 4.69) is 34.8 Å². The van der Waals surface area contributed by atoms with Crippen LogP contribution in [0.25, 0.3) is 0 Å². The van der Waals surface area contributed by atoms with E-state index in [1.165, 1.54) is 0 Å². The van der Waals surface area contributed by atoms with Gasteiger partial charge in [0.25, 0.3) is 5.91 Å². The minimum Gasteiger partial charge on any atom is -0.338 e. The lowest BCUT2D eigenvalue weighted by Crippen LogP contribution is -2.33. The first-order chi connectivity index (χ1) is 8.49. The second-order valence-electron chi connectivity index (χ2n) is 4.99. The van der Waals surface area contributed by atoms with Crippen molar-refractivity contribution in [2.45, 2.75) is 25.0 Å². The highest BCUT2D eigenvalue weighted by Gasteiger charge is 2.27. The fraction of sp³-hybridized carbons (Fsp3) is 0.538. The smallest absolute Gasteiger partial charge is 0.256 e. The highest BCUT2D eigenvalue weighted by molar-refractivity contribution is 9.10. The lowest BCUT2D eigenvalue weighted by Gasteiger charge is -2.23. The maximum Gasteiger partial charge on any atom is 0.256 e. The summed E-state index contributed by atoms with van der Waals surface area (Å²) in [7, 11) is 0. The first-order valence-electron chi connectivity index (χ1n) is 6.03. The van der Waals surface area contributed by atoms with Crippen LogP contribution in [0, 0.1) is 0 Å². The van der Waals surface area contributed by atoms with Crippen molar-refractivity contribution in [1.29, 1.82) is 0 Å². The Kier molecular flexibility index (Phi) is 4.33. The SMILES string of the molecule is CC1(C)CCN(C(=O)c2cccnc2Br)CCS1. The number of amides is 1. The molecule has 18 heavy (non-hydrogen) atoms. The summed E-state index contributed by atoms with van der Waals surface area (Å²) in [4.78, 5) is 18.5. The van der Waals surface area contributed by atoms with Gasteiger partial charge in [-0.2, -0.15) is 11.8 Å². The van der Waals surface area contributed by atoms with Crippen molar-refractivity contribution in [3.05, 3.63) is 28.5 Å². The van der Waals surface area contributed by atoms with Crippen LogP contribution < -0.4 is 0 Å². The van der Waals surface area contributed by atoms with E-state index in [0.29, 0.717) is 10.2 Å². The Labute approximate surface area is 120 Å². The van der Waals surface area contributed by atoms with E-state index in [9.17, 15) is 4.79 Å². The molecule has 5 heteroatoms. The number of thioether (sulfide) groups is 1. The van der Waals surface area contributed by atoms with Crippen molar-refractivity contribution < 1.29 is 4.79 Å². The third-order valence-electron chi connectivity index (χ3n) is 3.11. The van der Waals surface area contributed by atoms with Gasteiger partial charge < -0.3 is 4.90 Å². The van der Waals surface area contributed by atoms with Crippen LogP contribution in [-0.2, 0) is 0 Å². The molecule has 2 rings (SSSR count). The molecule has 1 fully saturated rings. The van der Waals surface area contributed by atoms with Gasteiger partial charge in [0.05, 0.1) is 5.56 Å². The van der Waals surface area contributed by atoms with Gasteiger partial charge in [-0.3, -0.25) is 4.79 Å². The molecule has 2 heterocycles. The average molecular weight is 329 g/mol. The van der Waals surface area contributed by atoms with Crippen LogP contribution in [0.4, 0.5) is 0 Å². The topological polar surface area (TPSA) is 33.2 Å². The summed E-state index contributed by atoms with van der Waals surface area (Å²) in [5, 5.41) is 0. The average Bonchev–Trinajstić information content (AvgIpc) is 2.50. The molecule has 1 aromatic heterocycles. The van der Waals surface area contributed by atoms with Crippen LogP contribution in [-0.4, -0.2) is 39.4 Å². The van der Waals surface area contributed by atoms with Crippen molar-refractivity contribution >= 4 is 33.6 Å². The van der Waals surface area contributed by atoms with E-state index in [4.69, 9.17) is 0 Å². The van der Waals surface area contributed by atoms with E-state index >= 15 is 0 Å². The van der Waals surface area contributed by atoms with Gasteiger partial charge in [0.1, 0.15) is 4.60 Å². The maximum atomic E-state index is 12.4. The van der Waals surface area contributed by atoms with Gasteiger partial charge in [-0.25, -0.2) is 4.98 Å². The molecule has 1 amide bonds. The number of halogens is 1. The molecule has 0 N–H and O–H groups in total. The fourth-order valence-corrected chi connectivity index (χ4v) is 3.46. The Morgan fingerprint density at radius 1 is 1.50 bits per heavy atom. The van der Waals surface area contributed by atoms with Crippen molar-refractivity contribution in [2.24, 2.45) is 0 Å². The van der Waals surface area contributed by atoms with E-state index in [0.717, 1.165) is 25.3 Å². The van der Waals surface area contributed by atoms with Crippen molar-refractivity contribution in [3.8, 4) is 0 Å². The van der Waals surface area contributed by atoms with Gasteiger partial charge in [0.15, 0.2) is 0 Å². The van der Waals surface area contributed by atoms with Gasteiger partial charge in [0.2, 0.25) is 0 Å². The third-order valence-corrected chi connectivity index (χ3v) is 5.12. The number of rotatable bonds is 1. The zero-order valence-electron chi connectivity index (χ0n) is 10.6. The molecular weight excluding hydrogens is 312 g/mol. The zero-order chi connectivity index (χ0) is 13.2. The second kappa shape index (κ2) is 5.61. The molecule has 98 valence electrons. The summed E-state index contributed by atoms with van der Waals surface area (Å²) < 4.78 is 0.896. The van der Waals surface area contributed by atoms with Crippen molar-refractivity contribution in [2.75, 3.05) is 18.8 Å². The van der Waals surface area contributed by atoms with Crippen LogP contribution in [0.1, 0.15) is 30.6 Å². The summed E-state index contributed by atoms with van der Waals surface area (Å²) in [5.74, 6) is 1.07. The van der Waals surface area contributed by atoms with E-state index in [1.807, 2.05) is 22.7 Å². The fourth-order valence-electron chi connectivity index (χ4n) is 1.94. The van der Waals surface area contributed by atoms with Crippen LogP contribution >= 0.6 is 27.7 Å². The number of nitrogens with zero attached hydrogens (tertiary/aromatic N) is 2. The third kappa shape index (κ3) is 3.26. The van der Waals surface area contributed by atoms with E-state index in [-0.39, 0.29) is 10.7 Å².